The van der Waals surface area contributed by atoms with Gasteiger partial charge in [0.15, 0.2) is 0 Å². The van der Waals surface area contributed by atoms with Crippen LogP contribution in [0.1, 0.15) is 16.7 Å². The Kier molecular flexibility index (Phi) is 4.58. The second-order valence-electron chi connectivity index (χ2n) is 4.96. The minimum atomic E-state index is 0.922. The van der Waals surface area contributed by atoms with Crippen molar-refractivity contribution < 1.29 is 4.74 Å². The fourth-order valence-electron chi connectivity index (χ4n) is 2.23. The van der Waals surface area contributed by atoms with Gasteiger partial charge in [0, 0.05) is 13.1 Å². The highest BCUT2D eigenvalue weighted by Crippen LogP contribution is 2.20. The Balaban J connectivity index is 2.01. The first-order chi connectivity index (χ1) is 9.19. The molecule has 0 aromatic heterocycles. The van der Waals surface area contributed by atoms with Crippen molar-refractivity contribution in [3.63, 3.8) is 0 Å². The summed E-state index contributed by atoms with van der Waals surface area (Å²) in [5.41, 5.74) is 3.79. The molecular formula is C17H21NO. The van der Waals surface area contributed by atoms with Crippen LogP contribution in [-0.2, 0) is 13.1 Å². The molecule has 0 heterocycles. The van der Waals surface area contributed by atoms with Gasteiger partial charge in [-0.25, -0.2) is 0 Å². The zero-order chi connectivity index (χ0) is 13.7. The number of hydrogen-bond donors (Lipinski definition) is 0. The predicted molar refractivity (Wildman–Crippen MR) is 79.3 cm³/mol. The van der Waals surface area contributed by atoms with Crippen LogP contribution in [0.15, 0.2) is 48.5 Å². The van der Waals surface area contributed by atoms with Crippen LogP contribution in [0, 0.1) is 6.92 Å². The number of hydrogen-bond acceptors (Lipinski definition) is 2. The molecule has 0 aliphatic rings. The van der Waals surface area contributed by atoms with E-state index in [-0.39, 0.29) is 0 Å². The van der Waals surface area contributed by atoms with Gasteiger partial charge in [0.1, 0.15) is 5.75 Å². The summed E-state index contributed by atoms with van der Waals surface area (Å²) in [5.74, 6) is 0.964. The lowest BCUT2D eigenvalue weighted by molar-refractivity contribution is 0.318. The van der Waals surface area contributed by atoms with Crippen molar-refractivity contribution in [2.75, 3.05) is 14.2 Å². The third-order valence-electron chi connectivity index (χ3n) is 3.22. The van der Waals surface area contributed by atoms with Gasteiger partial charge in [0.05, 0.1) is 7.11 Å². The Bertz CT molecular complexity index is 522. The summed E-state index contributed by atoms with van der Waals surface area (Å²) >= 11 is 0. The van der Waals surface area contributed by atoms with E-state index < -0.39 is 0 Å². The molecule has 2 aromatic rings. The number of rotatable bonds is 5. The van der Waals surface area contributed by atoms with Crippen LogP contribution < -0.4 is 4.74 Å². The van der Waals surface area contributed by atoms with Gasteiger partial charge in [-0.1, -0.05) is 42.5 Å². The van der Waals surface area contributed by atoms with Gasteiger partial charge in [0.2, 0.25) is 0 Å². The Morgan fingerprint density at radius 3 is 2.32 bits per heavy atom. The van der Waals surface area contributed by atoms with E-state index in [9.17, 15) is 0 Å². The molecule has 2 aromatic carbocycles. The SMILES string of the molecule is COc1cc(CN(C)Cc2ccccc2)ccc1C. The van der Waals surface area contributed by atoms with Crippen LogP contribution in [0.3, 0.4) is 0 Å². The third kappa shape index (κ3) is 3.83. The van der Waals surface area contributed by atoms with E-state index in [2.05, 4.69) is 61.3 Å². The first-order valence-corrected chi connectivity index (χ1v) is 6.55. The van der Waals surface area contributed by atoms with Gasteiger partial charge in [-0.05, 0) is 36.7 Å². The van der Waals surface area contributed by atoms with Gasteiger partial charge >= 0.3 is 0 Å². The average molecular weight is 255 g/mol. The van der Waals surface area contributed by atoms with E-state index in [0.29, 0.717) is 0 Å². The van der Waals surface area contributed by atoms with Crippen molar-refractivity contribution in [3.05, 3.63) is 65.2 Å². The maximum Gasteiger partial charge on any atom is 0.122 e. The van der Waals surface area contributed by atoms with Crippen molar-refractivity contribution >= 4 is 0 Å². The molecule has 0 saturated carbocycles. The highest BCUT2D eigenvalue weighted by Gasteiger charge is 2.04. The molecule has 0 radical (unpaired) electrons. The summed E-state index contributed by atoms with van der Waals surface area (Å²) in [7, 11) is 3.86. The van der Waals surface area contributed by atoms with Crippen LogP contribution in [0.25, 0.3) is 0 Å². The predicted octanol–water partition coefficient (Wildman–Crippen LogP) is 3.64. The topological polar surface area (TPSA) is 12.5 Å². The van der Waals surface area contributed by atoms with E-state index in [1.54, 1.807) is 7.11 Å². The van der Waals surface area contributed by atoms with Crippen molar-refractivity contribution in [1.82, 2.24) is 4.90 Å². The molecule has 0 amide bonds. The van der Waals surface area contributed by atoms with Crippen molar-refractivity contribution in [3.8, 4) is 5.75 Å². The van der Waals surface area contributed by atoms with Gasteiger partial charge in [-0.2, -0.15) is 0 Å². The fraction of sp³-hybridized carbons (Fsp3) is 0.294. The Morgan fingerprint density at radius 2 is 1.63 bits per heavy atom. The first kappa shape index (κ1) is 13.6. The Hall–Kier alpha value is -1.80. The zero-order valence-electron chi connectivity index (χ0n) is 11.9. The molecule has 2 heteroatoms. The van der Waals surface area contributed by atoms with Crippen molar-refractivity contribution in [2.45, 2.75) is 20.0 Å². The van der Waals surface area contributed by atoms with Gasteiger partial charge in [0.25, 0.3) is 0 Å². The smallest absolute Gasteiger partial charge is 0.122 e. The molecule has 0 spiro atoms. The van der Waals surface area contributed by atoms with Gasteiger partial charge < -0.3 is 4.74 Å². The summed E-state index contributed by atoms with van der Waals surface area (Å²) in [6, 6.07) is 16.9. The van der Waals surface area contributed by atoms with Crippen LogP contribution in [0.5, 0.6) is 5.75 Å². The lowest BCUT2D eigenvalue weighted by atomic mass is 10.1. The van der Waals surface area contributed by atoms with Crippen LogP contribution >= 0.6 is 0 Å². The second kappa shape index (κ2) is 6.39. The lowest BCUT2D eigenvalue weighted by Crippen LogP contribution is -2.17. The fourth-order valence-corrected chi connectivity index (χ4v) is 2.23. The molecule has 100 valence electrons. The highest BCUT2D eigenvalue weighted by atomic mass is 16.5. The number of benzene rings is 2. The number of methoxy groups -OCH3 is 1. The van der Waals surface area contributed by atoms with Crippen LogP contribution in [0.2, 0.25) is 0 Å². The quantitative estimate of drug-likeness (QED) is 0.809. The molecule has 0 saturated heterocycles. The molecule has 0 bridgehead atoms. The Morgan fingerprint density at radius 1 is 0.947 bits per heavy atom. The summed E-state index contributed by atoms with van der Waals surface area (Å²) in [6.07, 6.45) is 0. The summed E-state index contributed by atoms with van der Waals surface area (Å²) in [4.78, 5) is 2.30. The monoisotopic (exact) mass is 255 g/mol. The molecule has 2 nitrogen and oxygen atoms in total. The molecule has 19 heavy (non-hydrogen) atoms. The number of nitrogens with zero attached hydrogens (tertiary/aromatic N) is 1. The number of ether oxygens (including phenoxy) is 1. The molecule has 0 fully saturated rings. The summed E-state index contributed by atoms with van der Waals surface area (Å²) < 4.78 is 5.37. The molecule has 0 unspecified atom stereocenters. The number of aryl methyl sites for hydroxylation is 1. The second-order valence-corrected chi connectivity index (χ2v) is 4.96. The maximum absolute atomic E-state index is 5.37. The van der Waals surface area contributed by atoms with Crippen LogP contribution in [0.4, 0.5) is 0 Å². The zero-order valence-corrected chi connectivity index (χ0v) is 11.9. The van der Waals surface area contributed by atoms with Gasteiger partial charge in [-0.3, -0.25) is 4.90 Å². The molecule has 2 rings (SSSR count). The van der Waals surface area contributed by atoms with E-state index in [4.69, 9.17) is 4.74 Å². The summed E-state index contributed by atoms with van der Waals surface area (Å²) in [6.45, 7) is 3.94. The van der Waals surface area contributed by atoms with E-state index in [0.717, 1.165) is 18.8 Å². The Labute approximate surface area is 115 Å². The largest absolute Gasteiger partial charge is 0.496 e. The van der Waals surface area contributed by atoms with Crippen molar-refractivity contribution in [1.29, 1.82) is 0 Å². The molecular weight excluding hydrogens is 234 g/mol. The van der Waals surface area contributed by atoms with E-state index >= 15 is 0 Å². The first-order valence-electron chi connectivity index (χ1n) is 6.55. The average Bonchev–Trinajstić information content (AvgIpc) is 2.42. The normalized spacial score (nSPS) is 10.7. The molecule has 0 N–H and O–H groups in total. The van der Waals surface area contributed by atoms with Gasteiger partial charge in [-0.15, -0.1) is 0 Å². The van der Waals surface area contributed by atoms with Crippen molar-refractivity contribution in [2.24, 2.45) is 0 Å². The highest BCUT2D eigenvalue weighted by molar-refractivity contribution is 5.36. The molecule has 0 atom stereocenters. The molecule has 0 aliphatic heterocycles. The van der Waals surface area contributed by atoms with E-state index in [1.807, 2.05) is 6.07 Å². The standard InChI is InChI=1S/C17H21NO/c1-14-9-10-16(11-17(14)19-3)13-18(2)12-15-7-5-4-6-8-15/h4-11H,12-13H2,1-3H3. The third-order valence-corrected chi connectivity index (χ3v) is 3.22. The molecule has 0 aliphatic carbocycles. The van der Waals surface area contributed by atoms with E-state index in [1.165, 1.54) is 16.7 Å². The maximum atomic E-state index is 5.37. The van der Waals surface area contributed by atoms with Crippen LogP contribution in [-0.4, -0.2) is 19.1 Å². The minimum Gasteiger partial charge on any atom is -0.496 e. The minimum absolute atomic E-state index is 0.922. The lowest BCUT2D eigenvalue weighted by Gasteiger charge is -2.17. The summed E-state index contributed by atoms with van der Waals surface area (Å²) in [5, 5.41) is 0.